The molecule has 2 aromatic carbocycles. The molecule has 0 radical (unpaired) electrons. The predicted molar refractivity (Wildman–Crippen MR) is 79.4 cm³/mol. The summed E-state index contributed by atoms with van der Waals surface area (Å²) in [6.45, 7) is 0. The van der Waals surface area contributed by atoms with Gasteiger partial charge in [-0.15, -0.1) is 4.83 Å². The number of nitrogens with one attached hydrogen (secondary N) is 2. The third-order valence-electron chi connectivity index (χ3n) is 3.10. The second-order valence-electron chi connectivity index (χ2n) is 4.82. The minimum Gasteiger partial charge on any atom is -0.308 e. The number of anilines is 1. The number of para-hydroxylation sites is 1. The fraction of sp³-hybridized carbons (Fsp3) is 0.143. The van der Waals surface area contributed by atoms with E-state index in [2.05, 4.69) is 5.43 Å². The molecular weight excluding hydrogens is 374 g/mol. The van der Waals surface area contributed by atoms with E-state index in [1.165, 1.54) is 24.3 Å². The maximum atomic E-state index is 12.9. The maximum Gasteiger partial charge on any atom is 0.416 e. The summed E-state index contributed by atoms with van der Waals surface area (Å²) in [7, 11) is 0. The fourth-order valence-electron chi connectivity index (χ4n) is 2.05. The van der Waals surface area contributed by atoms with Gasteiger partial charge >= 0.3 is 12.4 Å². The smallest absolute Gasteiger partial charge is 0.308 e. The van der Waals surface area contributed by atoms with Crippen LogP contribution >= 0.6 is 0 Å². The van der Waals surface area contributed by atoms with Crippen LogP contribution in [0.15, 0.2) is 42.5 Å². The quantitative estimate of drug-likeness (QED) is 0.415. The van der Waals surface area contributed by atoms with E-state index in [1.807, 2.05) is 4.83 Å². The van der Waals surface area contributed by atoms with Gasteiger partial charge in [-0.1, -0.05) is 18.2 Å². The van der Waals surface area contributed by atoms with Crippen LogP contribution in [0.3, 0.4) is 0 Å². The van der Waals surface area contributed by atoms with Crippen LogP contribution in [-0.2, 0) is 23.6 Å². The second-order valence-corrected chi connectivity index (χ2v) is 5.52. The molecule has 136 valence electrons. The molecule has 0 fully saturated rings. The van der Waals surface area contributed by atoms with Gasteiger partial charge in [-0.2, -0.15) is 26.3 Å². The second kappa shape index (κ2) is 7.02. The van der Waals surface area contributed by atoms with Crippen molar-refractivity contribution in [3.05, 3.63) is 53.6 Å². The van der Waals surface area contributed by atoms with Crippen molar-refractivity contribution >= 4 is 17.0 Å². The molecule has 0 amide bonds. The van der Waals surface area contributed by atoms with E-state index in [0.29, 0.717) is 12.1 Å². The van der Waals surface area contributed by atoms with Crippen molar-refractivity contribution in [2.24, 2.45) is 0 Å². The van der Waals surface area contributed by atoms with Crippen molar-refractivity contribution in [1.82, 2.24) is 4.83 Å². The van der Waals surface area contributed by atoms with Gasteiger partial charge in [-0.25, -0.2) is 4.21 Å². The molecule has 0 bridgehead atoms. The van der Waals surface area contributed by atoms with Crippen LogP contribution in [0.4, 0.5) is 32.0 Å². The summed E-state index contributed by atoms with van der Waals surface area (Å²) in [6.07, 6.45) is -9.94. The number of alkyl halides is 6. The van der Waals surface area contributed by atoms with Crippen LogP contribution in [-0.4, -0.2) is 8.76 Å². The lowest BCUT2D eigenvalue weighted by Crippen LogP contribution is -2.23. The molecule has 0 heterocycles. The topological polar surface area (TPSA) is 61.4 Å². The summed E-state index contributed by atoms with van der Waals surface area (Å²) >= 11 is -2.49. The van der Waals surface area contributed by atoms with Crippen LogP contribution in [0.1, 0.15) is 11.1 Å². The molecule has 0 spiro atoms. The molecule has 1 unspecified atom stereocenters. The minimum absolute atomic E-state index is 0.0166. The van der Waals surface area contributed by atoms with Crippen LogP contribution in [0.2, 0.25) is 0 Å². The molecular formula is C14H10F6N2O2S. The largest absolute Gasteiger partial charge is 0.416 e. The third-order valence-corrected chi connectivity index (χ3v) is 3.38. The number of hydrazine groups is 1. The van der Waals surface area contributed by atoms with Gasteiger partial charge in [0.25, 0.3) is 0 Å². The molecule has 25 heavy (non-hydrogen) atoms. The van der Waals surface area contributed by atoms with Gasteiger partial charge in [0.1, 0.15) is 0 Å². The highest BCUT2D eigenvalue weighted by molar-refractivity contribution is 7.77. The molecule has 1 atom stereocenters. The highest BCUT2D eigenvalue weighted by atomic mass is 32.2. The summed E-state index contributed by atoms with van der Waals surface area (Å²) in [5, 5.41) is 0. The lowest BCUT2D eigenvalue weighted by Gasteiger charge is -2.16. The molecule has 0 aliphatic rings. The molecule has 2 aromatic rings. The van der Waals surface area contributed by atoms with E-state index < -0.39 is 34.7 Å². The summed E-state index contributed by atoms with van der Waals surface area (Å²) in [5.41, 5.74) is -0.983. The minimum atomic E-state index is -4.97. The van der Waals surface area contributed by atoms with Crippen molar-refractivity contribution < 1.29 is 35.1 Å². The summed E-state index contributed by atoms with van der Waals surface area (Å²) in [6, 6.07) is 6.64. The maximum absolute atomic E-state index is 12.9. The Bertz CT molecular complexity index is 759. The van der Waals surface area contributed by atoms with E-state index in [4.69, 9.17) is 4.55 Å². The average Bonchev–Trinajstić information content (AvgIpc) is 2.51. The number of benzene rings is 2. The van der Waals surface area contributed by atoms with Crippen LogP contribution < -0.4 is 10.3 Å². The van der Waals surface area contributed by atoms with Gasteiger partial charge in [0, 0.05) is 5.56 Å². The standard InChI is InChI=1S/C14H10F6N2O2S/c15-13(16,17)9-5-8(6-10(7-9)14(18,19)20)11-3-1-2-4-12(11)21-22-25(23)24/h1-7,21-22H,(H,23,24). The first-order valence-corrected chi connectivity index (χ1v) is 7.60. The summed E-state index contributed by atoms with van der Waals surface area (Å²) in [4.78, 5) is 1.89. The Morgan fingerprint density at radius 2 is 1.40 bits per heavy atom. The van der Waals surface area contributed by atoms with Gasteiger partial charge < -0.3 is 5.43 Å². The lowest BCUT2D eigenvalue weighted by atomic mass is 9.98. The number of hydrogen-bond donors (Lipinski definition) is 3. The molecule has 0 aromatic heterocycles. The van der Waals surface area contributed by atoms with Gasteiger partial charge in [-0.3, -0.25) is 4.55 Å². The van der Waals surface area contributed by atoms with Crippen molar-refractivity contribution in [3.63, 3.8) is 0 Å². The van der Waals surface area contributed by atoms with E-state index in [9.17, 15) is 30.6 Å². The summed E-state index contributed by atoms with van der Waals surface area (Å²) in [5.74, 6) is 0. The number of halogens is 6. The van der Waals surface area contributed by atoms with E-state index in [1.54, 1.807) is 0 Å². The first kappa shape index (κ1) is 19.2. The van der Waals surface area contributed by atoms with Crippen molar-refractivity contribution in [1.29, 1.82) is 0 Å². The predicted octanol–water partition coefficient (Wildman–Crippen LogP) is 4.44. The fourth-order valence-corrected chi connectivity index (χ4v) is 2.25. The monoisotopic (exact) mass is 384 g/mol. The zero-order valence-electron chi connectivity index (χ0n) is 12.1. The average molecular weight is 384 g/mol. The first-order chi connectivity index (χ1) is 11.5. The SMILES string of the molecule is O=S(O)NNc1ccccc1-c1cc(C(F)(F)F)cc(C(F)(F)F)c1. The molecule has 3 N–H and O–H groups in total. The molecule has 0 aliphatic heterocycles. The molecule has 0 saturated carbocycles. The molecule has 0 aliphatic carbocycles. The number of rotatable bonds is 4. The van der Waals surface area contributed by atoms with E-state index in [0.717, 1.165) is 0 Å². The zero-order valence-corrected chi connectivity index (χ0v) is 12.9. The Balaban J connectivity index is 2.61. The molecule has 11 heteroatoms. The van der Waals surface area contributed by atoms with Crippen LogP contribution in [0, 0.1) is 0 Å². The first-order valence-electron chi connectivity index (χ1n) is 6.50. The van der Waals surface area contributed by atoms with Gasteiger partial charge in [-0.05, 0) is 29.8 Å². The van der Waals surface area contributed by atoms with Crippen LogP contribution in [0.5, 0.6) is 0 Å². The van der Waals surface area contributed by atoms with E-state index >= 15 is 0 Å². The van der Waals surface area contributed by atoms with Gasteiger partial charge in [0.15, 0.2) is 0 Å². The summed E-state index contributed by atoms with van der Waals surface area (Å²) < 4.78 is 96.9. The third kappa shape index (κ3) is 4.94. The molecule has 4 nitrogen and oxygen atoms in total. The normalized spacial score (nSPS) is 13.6. The van der Waals surface area contributed by atoms with Crippen molar-refractivity contribution in [3.8, 4) is 11.1 Å². The van der Waals surface area contributed by atoms with Crippen molar-refractivity contribution in [2.45, 2.75) is 12.4 Å². The van der Waals surface area contributed by atoms with Gasteiger partial charge in [0.2, 0.25) is 11.3 Å². The Morgan fingerprint density at radius 1 is 0.880 bits per heavy atom. The lowest BCUT2D eigenvalue weighted by molar-refractivity contribution is -0.143. The number of hydrogen-bond acceptors (Lipinski definition) is 2. The Kier molecular flexibility index (Phi) is 5.40. The molecule has 0 saturated heterocycles. The van der Waals surface area contributed by atoms with E-state index in [-0.39, 0.29) is 22.9 Å². The Labute approximate surface area is 140 Å². The zero-order chi connectivity index (χ0) is 18.8. The highest BCUT2D eigenvalue weighted by Crippen LogP contribution is 2.39. The molecule has 2 rings (SSSR count). The van der Waals surface area contributed by atoms with Crippen LogP contribution in [0.25, 0.3) is 11.1 Å². The van der Waals surface area contributed by atoms with Crippen molar-refractivity contribution in [2.75, 3.05) is 5.43 Å². The highest BCUT2D eigenvalue weighted by Gasteiger charge is 2.37. The Morgan fingerprint density at radius 3 is 1.88 bits per heavy atom. The Hall–Kier alpha value is -2.11. The van der Waals surface area contributed by atoms with Gasteiger partial charge in [0.05, 0.1) is 16.8 Å².